The molecule has 1 aliphatic heterocycles. The molecule has 1 aliphatic rings. The van der Waals surface area contributed by atoms with E-state index in [2.05, 4.69) is 5.32 Å². The topological polar surface area (TPSA) is 55.1 Å². The van der Waals surface area contributed by atoms with Crippen molar-refractivity contribution < 1.29 is 4.79 Å². The standard InChI is InChI=1S/C7H14N2O/c1-7(2,8)5-3-6(10)9-4-5/h5H,3-4,8H2,1-2H3,(H,9,10)/t5-/m1/s1. The fourth-order valence-corrected chi connectivity index (χ4v) is 1.13. The van der Waals surface area contributed by atoms with E-state index in [0.717, 1.165) is 6.54 Å². The Morgan fingerprint density at radius 3 is 2.50 bits per heavy atom. The zero-order valence-electron chi connectivity index (χ0n) is 6.48. The third-order valence-corrected chi connectivity index (χ3v) is 2.03. The zero-order chi connectivity index (χ0) is 7.78. The lowest BCUT2D eigenvalue weighted by molar-refractivity contribution is -0.119. The molecule has 0 saturated carbocycles. The molecule has 0 aromatic rings. The van der Waals surface area contributed by atoms with Crippen molar-refractivity contribution in [2.24, 2.45) is 11.7 Å². The van der Waals surface area contributed by atoms with E-state index in [-0.39, 0.29) is 11.4 Å². The van der Waals surface area contributed by atoms with Crippen LogP contribution in [-0.2, 0) is 4.79 Å². The van der Waals surface area contributed by atoms with Crippen molar-refractivity contribution >= 4 is 5.91 Å². The number of rotatable bonds is 1. The van der Waals surface area contributed by atoms with Gasteiger partial charge in [0.25, 0.3) is 0 Å². The van der Waals surface area contributed by atoms with E-state index >= 15 is 0 Å². The van der Waals surface area contributed by atoms with Gasteiger partial charge in [-0.15, -0.1) is 0 Å². The minimum Gasteiger partial charge on any atom is -0.356 e. The molecule has 0 bridgehead atoms. The van der Waals surface area contributed by atoms with Crippen LogP contribution in [0.2, 0.25) is 0 Å². The van der Waals surface area contributed by atoms with Gasteiger partial charge in [0.1, 0.15) is 0 Å². The number of amides is 1. The maximum Gasteiger partial charge on any atom is 0.220 e. The molecule has 58 valence electrons. The van der Waals surface area contributed by atoms with E-state index < -0.39 is 0 Å². The molecule has 0 aromatic heterocycles. The summed E-state index contributed by atoms with van der Waals surface area (Å²) < 4.78 is 0. The Bertz CT molecular complexity index is 148. The number of carbonyl (C=O) groups excluding carboxylic acids is 1. The lowest BCUT2D eigenvalue weighted by Crippen LogP contribution is -2.41. The van der Waals surface area contributed by atoms with Gasteiger partial charge < -0.3 is 11.1 Å². The summed E-state index contributed by atoms with van der Waals surface area (Å²) in [6, 6.07) is 0. The van der Waals surface area contributed by atoms with Crippen LogP contribution in [0.4, 0.5) is 0 Å². The molecule has 0 aliphatic carbocycles. The largest absolute Gasteiger partial charge is 0.356 e. The molecule has 0 radical (unpaired) electrons. The van der Waals surface area contributed by atoms with Crippen LogP contribution in [0, 0.1) is 5.92 Å². The molecule has 0 spiro atoms. The number of hydrogen-bond donors (Lipinski definition) is 2. The summed E-state index contributed by atoms with van der Waals surface area (Å²) >= 11 is 0. The quantitative estimate of drug-likeness (QED) is 0.535. The van der Waals surface area contributed by atoms with Crippen molar-refractivity contribution in [3.8, 4) is 0 Å². The predicted molar refractivity (Wildman–Crippen MR) is 39.4 cm³/mol. The van der Waals surface area contributed by atoms with E-state index in [1.165, 1.54) is 0 Å². The molecule has 1 heterocycles. The smallest absolute Gasteiger partial charge is 0.220 e. The fraction of sp³-hybridized carbons (Fsp3) is 0.857. The molecule has 10 heavy (non-hydrogen) atoms. The van der Waals surface area contributed by atoms with E-state index in [0.29, 0.717) is 12.3 Å². The van der Waals surface area contributed by atoms with Gasteiger partial charge in [-0.25, -0.2) is 0 Å². The summed E-state index contributed by atoms with van der Waals surface area (Å²) in [5.74, 6) is 0.434. The summed E-state index contributed by atoms with van der Waals surface area (Å²) in [4.78, 5) is 10.7. The first kappa shape index (κ1) is 7.54. The van der Waals surface area contributed by atoms with Crippen LogP contribution in [0.25, 0.3) is 0 Å². The summed E-state index contributed by atoms with van der Waals surface area (Å²) in [6.07, 6.45) is 0.587. The van der Waals surface area contributed by atoms with Crippen LogP contribution in [0.3, 0.4) is 0 Å². The van der Waals surface area contributed by atoms with Crippen LogP contribution < -0.4 is 11.1 Å². The molecule has 1 fully saturated rings. The van der Waals surface area contributed by atoms with Gasteiger partial charge in [0.05, 0.1) is 0 Å². The van der Waals surface area contributed by atoms with Crippen LogP contribution in [0.1, 0.15) is 20.3 Å². The number of hydrogen-bond acceptors (Lipinski definition) is 2. The van der Waals surface area contributed by atoms with Crippen molar-refractivity contribution in [1.82, 2.24) is 5.32 Å². The van der Waals surface area contributed by atoms with Crippen LogP contribution in [0.5, 0.6) is 0 Å². The summed E-state index contributed by atoms with van der Waals surface area (Å²) in [5.41, 5.74) is 5.59. The Morgan fingerprint density at radius 1 is 1.70 bits per heavy atom. The molecular weight excluding hydrogens is 128 g/mol. The SMILES string of the molecule is CC(C)(N)[C@H]1CNC(=O)C1. The highest BCUT2D eigenvalue weighted by molar-refractivity contribution is 5.78. The van der Waals surface area contributed by atoms with Crippen molar-refractivity contribution in [2.45, 2.75) is 25.8 Å². The Balaban J connectivity index is 2.53. The van der Waals surface area contributed by atoms with E-state index in [1.807, 2.05) is 13.8 Å². The molecular formula is C7H14N2O. The van der Waals surface area contributed by atoms with E-state index in [4.69, 9.17) is 5.73 Å². The summed E-state index contributed by atoms with van der Waals surface area (Å²) in [5, 5.41) is 2.76. The van der Waals surface area contributed by atoms with Gasteiger partial charge in [0.15, 0.2) is 0 Å². The molecule has 3 N–H and O–H groups in total. The second-order valence-corrected chi connectivity index (χ2v) is 3.53. The number of nitrogens with one attached hydrogen (secondary N) is 1. The van der Waals surface area contributed by atoms with Gasteiger partial charge in [0.2, 0.25) is 5.91 Å². The van der Waals surface area contributed by atoms with Gasteiger partial charge in [0, 0.05) is 24.4 Å². The highest BCUT2D eigenvalue weighted by Crippen LogP contribution is 2.20. The summed E-state index contributed by atoms with van der Waals surface area (Å²) in [6.45, 7) is 4.65. The first-order valence-electron chi connectivity index (χ1n) is 3.56. The molecule has 1 saturated heterocycles. The van der Waals surface area contributed by atoms with Gasteiger partial charge in [-0.1, -0.05) is 0 Å². The van der Waals surface area contributed by atoms with E-state index in [9.17, 15) is 4.79 Å². The summed E-state index contributed by atoms with van der Waals surface area (Å²) in [7, 11) is 0. The number of carbonyl (C=O) groups is 1. The molecule has 0 unspecified atom stereocenters. The maximum atomic E-state index is 10.7. The number of nitrogens with two attached hydrogens (primary N) is 1. The average Bonchev–Trinajstić information content (AvgIpc) is 2.11. The Labute approximate surface area is 61.0 Å². The lowest BCUT2D eigenvalue weighted by atomic mass is 9.88. The minimum absolute atomic E-state index is 0.128. The zero-order valence-corrected chi connectivity index (χ0v) is 6.48. The Morgan fingerprint density at radius 2 is 2.30 bits per heavy atom. The fourth-order valence-electron chi connectivity index (χ4n) is 1.13. The van der Waals surface area contributed by atoms with Crippen molar-refractivity contribution in [3.63, 3.8) is 0 Å². The van der Waals surface area contributed by atoms with Gasteiger partial charge in [-0.2, -0.15) is 0 Å². The van der Waals surface area contributed by atoms with Gasteiger partial charge in [-0.3, -0.25) is 4.79 Å². The van der Waals surface area contributed by atoms with Crippen LogP contribution >= 0.6 is 0 Å². The minimum atomic E-state index is -0.223. The lowest BCUT2D eigenvalue weighted by Gasteiger charge is -2.24. The molecule has 3 heteroatoms. The third-order valence-electron chi connectivity index (χ3n) is 2.03. The van der Waals surface area contributed by atoms with Crippen LogP contribution in [-0.4, -0.2) is 18.0 Å². The second-order valence-electron chi connectivity index (χ2n) is 3.53. The first-order valence-corrected chi connectivity index (χ1v) is 3.56. The highest BCUT2D eigenvalue weighted by atomic mass is 16.1. The van der Waals surface area contributed by atoms with Gasteiger partial charge >= 0.3 is 0 Å². The highest BCUT2D eigenvalue weighted by Gasteiger charge is 2.31. The molecule has 1 atom stereocenters. The Hall–Kier alpha value is -0.570. The third kappa shape index (κ3) is 1.48. The maximum absolute atomic E-state index is 10.7. The van der Waals surface area contributed by atoms with Gasteiger partial charge in [-0.05, 0) is 13.8 Å². The average molecular weight is 142 g/mol. The van der Waals surface area contributed by atoms with Crippen molar-refractivity contribution in [2.75, 3.05) is 6.54 Å². The Kier molecular flexibility index (Phi) is 1.68. The molecule has 1 rings (SSSR count). The first-order chi connectivity index (χ1) is 4.50. The van der Waals surface area contributed by atoms with Crippen molar-refractivity contribution in [1.29, 1.82) is 0 Å². The monoisotopic (exact) mass is 142 g/mol. The van der Waals surface area contributed by atoms with Crippen molar-refractivity contribution in [3.05, 3.63) is 0 Å². The molecule has 3 nitrogen and oxygen atoms in total. The molecule has 0 aromatic carbocycles. The van der Waals surface area contributed by atoms with Crippen LogP contribution in [0.15, 0.2) is 0 Å². The predicted octanol–water partition coefficient (Wildman–Crippen LogP) is -0.140. The normalized spacial score (nSPS) is 26.7. The van der Waals surface area contributed by atoms with E-state index in [1.54, 1.807) is 0 Å². The molecule has 1 amide bonds. The second kappa shape index (κ2) is 2.23.